The lowest BCUT2D eigenvalue weighted by Gasteiger charge is -2.26. The third-order valence-corrected chi connectivity index (χ3v) is 3.59. The van der Waals surface area contributed by atoms with Crippen molar-refractivity contribution < 1.29 is 14.6 Å². The van der Waals surface area contributed by atoms with Crippen LogP contribution in [0.25, 0.3) is 0 Å². The summed E-state index contributed by atoms with van der Waals surface area (Å²) in [5.41, 5.74) is 0.915. The molecule has 0 aliphatic heterocycles. The van der Waals surface area contributed by atoms with Crippen molar-refractivity contribution in [3.05, 3.63) is 29.8 Å². The second kappa shape index (κ2) is 8.46. The number of thiocarbonyl (C=S) groups is 1. The third kappa shape index (κ3) is 5.23. The molecule has 1 aromatic carbocycles. The van der Waals surface area contributed by atoms with Crippen LogP contribution in [0.1, 0.15) is 19.4 Å². The van der Waals surface area contributed by atoms with Gasteiger partial charge < -0.3 is 20.1 Å². The van der Waals surface area contributed by atoms with Crippen LogP contribution in [0.15, 0.2) is 24.3 Å². The van der Waals surface area contributed by atoms with Crippen molar-refractivity contribution in [3.8, 4) is 5.75 Å². The van der Waals surface area contributed by atoms with Gasteiger partial charge in [-0.05, 0) is 43.8 Å². The first-order valence-corrected chi connectivity index (χ1v) is 7.33. The Kier molecular flexibility index (Phi) is 6.94. The first-order chi connectivity index (χ1) is 10.0. The number of phenols is 1. The molecule has 0 amide bonds. The predicted molar refractivity (Wildman–Crippen MR) is 86.3 cm³/mol. The van der Waals surface area contributed by atoms with E-state index in [4.69, 9.17) is 17.0 Å². The van der Waals surface area contributed by atoms with Gasteiger partial charge in [0.1, 0.15) is 11.8 Å². The van der Waals surface area contributed by atoms with Crippen LogP contribution in [0.3, 0.4) is 0 Å². The summed E-state index contributed by atoms with van der Waals surface area (Å²) < 4.78 is 4.83. The van der Waals surface area contributed by atoms with E-state index >= 15 is 0 Å². The fraction of sp³-hybridized carbons (Fsp3) is 0.467. The summed E-state index contributed by atoms with van der Waals surface area (Å²) in [6.07, 6.45) is 0.439. The van der Waals surface area contributed by atoms with E-state index in [1.54, 1.807) is 24.3 Å². The van der Waals surface area contributed by atoms with Gasteiger partial charge >= 0.3 is 5.97 Å². The van der Waals surface area contributed by atoms with Crippen molar-refractivity contribution in [3.63, 3.8) is 0 Å². The Morgan fingerprint density at radius 3 is 2.38 bits per heavy atom. The Morgan fingerprint density at radius 1 is 1.33 bits per heavy atom. The first-order valence-electron chi connectivity index (χ1n) is 6.93. The van der Waals surface area contributed by atoms with Crippen LogP contribution >= 0.6 is 12.2 Å². The molecule has 0 aromatic heterocycles. The molecule has 2 N–H and O–H groups in total. The van der Waals surface area contributed by atoms with E-state index in [0.29, 0.717) is 11.5 Å². The fourth-order valence-corrected chi connectivity index (χ4v) is 2.35. The number of hydrogen-bond acceptors (Lipinski definition) is 4. The summed E-state index contributed by atoms with van der Waals surface area (Å²) in [7, 11) is 1.36. The lowest BCUT2D eigenvalue weighted by atomic mass is 10.1. The third-order valence-electron chi connectivity index (χ3n) is 3.21. The minimum atomic E-state index is -0.548. The molecule has 0 aliphatic rings. The summed E-state index contributed by atoms with van der Waals surface area (Å²) in [5.74, 6) is -0.169. The molecule has 0 saturated carbocycles. The van der Waals surface area contributed by atoms with Gasteiger partial charge in [0.05, 0.1) is 7.11 Å². The number of aromatic hydroxyl groups is 1. The molecule has 5 nitrogen and oxygen atoms in total. The number of carbonyl (C=O) groups is 1. The highest BCUT2D eigenvalue weighted by Crippen LogP contribution is 2.12. The highest BCUT2D eigenvalue weighted by Gasteiger charge is 2.22. The average molecular weight is 310 g/mol. The lowest BCUT2D eigenvalue weighted by molar-refractivity contribution is -0.142. The molecule has 1 aromatic rings. The van der Waals surface area contributed by atoms with Crippen LogP contribution < -0.4 is 5.32 Å². The normalized spacial score (nSPS) is 11.6. The number of nitrogens with zero attached hydrogens (tertiary/aromatic N) is 1. The zero-order chi connectivity index (χ0) is 15.8. The second-order valence-electron chi connectivity index (χ2n) is 4.57. The van der Waals surface area contributed by atoms with E-state index in [1.807, 2.05) is 18.7 Å². The number of ether oxygens (including phenoxy) is 1. The van der Waals surface area contributed by atoms with Gasteiger partial charge in [-0.15, -0.1) is 0 Å². The van der Waals surface area contributed by atoms with E-state index in [0.717, 1.165) is 18.7 Å². The lowest BCUT2D eigenvalue weighted by Crippen LogP contribution is -2.49. The van der Waals surface area contributed by atoms with Crippen molar-refractivity contribution in [1.82, 2.24) is 10.2 Å². The van der Waals surface area contributed by atoms with Crippen LogP contribution in [0.2, 0.25) is 0 Å². The van der Waals surface area contributed by atoms with Crippen molar-refractivity contribution >= 4 is 23.3 Å². The molecule has 0 bridgehead atoms. The Balaban J connectivity index is 2.78. The van der Waals surface area contributed by atoms with Gasteiger partial charge in [0.2, 0.25) is 0 Å². The van der Waals surface area contributed by atoms with Crippen LogP contribution in [0.5, 0.6) is 5.75 Å². The number of benzene rings is 1. The highest BCUT2D eigenvalue weighted by atomic mass is 32.1. The monoisotopic (exact) mass is 310 g/mol. The first kappa shape index (κ1) is 17.2. The predicted octanol–water partition coefficient (Wildman–Crippen LogP) is 1.69. The van der Waals surface area contributed by atoms with E-state index in [-0.39, 0.29) is 11.7 Å². The smallest absolute Gasteiger partial charge is 0.328 e. The van der Waals surface area contributed by atoms with Gasteiger partial charge in [0.25, 0.3) is 0 Å². The number of methoxy groups -OCH3 is 1. The molecule has 0 saturated heterocycles. The molecule has 0 heterocycles. The average Bonchev–Trinajstić information content (AvgIpc) is 2.49. The molecule has 21 heavy (non-hydrogen) atoms. The van der Waals surface area contributed by atoms with E-state index < -0.39 is 6.04 Å². The summed E-state index contributed by atoms with van der Waals surface area (Å²) in [5, 5.41) is 12.9. The van der Waals surface area contributed by atoms with Gasteiger partial charge in [0.15, 0.2) is 5.11 Å². The molecule has 0 unspecified atom stereocenters. The molecular weight excluding hydrogens is 288 g/mol. The van der Waals surface area contributed by atoms with Crippen molar-refractivity contribution in [1.29, 1.82) is 0 Å². The molecule has 0 aliphatic carbocycles. The van der Waals surface area contributed by atoms with Crippen LogP contribution in [-0.4, -0.2) is 47.3 Å². The molecule has 0 radical (unpaired) electrons. The highest BCUT2D eigenvalue weighted by molar-refractivity contribution is 7.80. The minimum Gasteiger partial charge on any atom is -0.508 e. The number of phenolic OH excluding ortho intramolecular Hbond substituents is 1. The molecule has 0 fully saturated rings. The fourth-order valence-electron chi connectivity index (χ4n) is 1.95. The van der Waals surface area contributed by atoms with E-state index in [2.05, 4.69) is 5.32 Å². The molecule has 1 atom stereocenters. The van der Waals surface area contributed by atoms with E-state index in [9.17, 15) is 9.90 Å². The maximum atomic E-state index is 11.9. The maximum Gasteiger partial charge on any atom is 0.328 e. The molecule has 116 valence electrons. The zero-order valence-electron chi connectivity index (χ0n) is 12.6. The Labute approximate surface area is 130 Å². The van der Waals surface area contributed by atoms with Crippen molar-refractivity contribution in [2.45, 2.75) is 26.3 Å². The van der Waals surface area contributed by atoms with Crippen LogP contribution in [-0.2, 0) is 16.0 Å². The number of rotatable bonds is 6. The van der Waals surface area contributed by atoms with Gasteiger partial charge in [-0.25, -0.2) is 4.79 Å². The Morgan fingerprint density at radius 2 is 1.90 bits per heavy atom. The second-order valence-corrected chi connectivity index (χ2v) is 4.95. The standard InChI is InChI=1S/C15H22N2O3S/c1-4-17(5-2)15(21)16-13(14(19)20-3)10-11-6-8-12(18)9-7-11/h6-9,13,18H,4-5,10H2,1-3H3,(H,16,21)/t13-/m0/s1. The largest absolute Gasteiger partial charge is 0.508 e. The summed E-state index contributed by atoms with van der Waals surface area (Å²) in [6, 6.07) is 6.17. The number of esters is 1. The van der Waals surface area contributed by atoms with E-state index in [1.165, 1.54) is 7.11 Å². The summed E-state index contributed by atoms with van der Waals surface area (Å²) in [4.78, 5) is 13.9. The summed E-state index contributed by atoms with van der Waals surface area (Å²) in [6.45, 7) is 5.56. The summed E-state index contributed by atoms with van der Waals surface area (Å²) >= 11 is 5.32. The van der Waals surface area contributed by atoms with Gasteiger partial charge in [-0.1, -0.05) is 12.1 Å². The SMILES string of the molecule is CCN(CC)C(=S)N[C@@H](Cc1ccc(O)cc1)C(=O)OC. The number of carbonyl (C=O) groups excluding carboxylic acids is 1. The molecule has 1 rings (SSSR count). The number of nitrogens with one attached hydrogen (secondary N) is 1. The van der Waals surface area contributed by atoms with Gasteiger partial charge in [-0.3, -0.25) is 0 Å². The number of hydrogen-bond donors (Lipinski definition) is 2. The Bertz CT molecular complexity index is 472. The molecular formula is C15H22N2O3S. The topological polar surface area (TPSA) is 61.8 Å². The minimum absolute atomic E-state index is 0.194. The van der Waals surface area contributed by atoms with Crippen molar-refractivity contribution in [2.75, 3.05) is 20.2 Å². The maximum absolute atomic E-state index is 11.9. The van der Waals surface area contributed by atoms with Gasteiger partial charge in [-0.2, -0.15) is 0 Å². The van der Waals surface area contributed by atoms with Crippen molar-refractivity contribution in [2.24, 2.45) is 0 Å². The quantitative estimate of drug-likeness (QED) is 0.616. The zero-order valence-corrected chi connectivity index (χ0v) is 13.4. The molecule has 6 heteroatoms. The van der Waals surface area contributed by atoms with Crippen LogP contribution in [0.4, 0.5) is 0 Å². The molecule has 0 spiro atoms. The van der Waals surface area contributed by atoms with Crippen LogP contribution in [0, 0.1) is 0 Å². The van der Waals surface area contributed by atoms with Gasteiger partial charge in [0, 0.05) is 19.5 Å². The Hall–Kier alpha value is -1.82.